The summed E-state index contributed by atoms with van der Waals surface area (Å²) in [6, 6.07) is 8.81. The number of hydrogen-bond acceptors (Lipinski definition) is 5. The van der Waals surface area contributed by atoms with Gasteiger partial charge in [0, 0.05) is 13.1 Å². The van der Waals surface area contributed by atoms with Crippen LogP contribution in [0, 0.1) is 13.8 Å². The molecule has 1 aliphatic heterocycles. The fourth-order valence-electron chi connectivity index (χ4n) is 2.81. The fraction of sp³-hybridized carbons (Fsp3) is 0.357. The Morgan fingerprint density at radius 3 is 2.70 bits per heavy atom. The maximum absolute atomic E-state index is 4.64. The molecule has 3 aromatic rings. The molecule has 1 fully saturated rings. The molecular weight excluding hydrogens is 270 g/mol. The van der Waals surface area contributed by atoms with Crippen molar-refractivity contribution < 1.29 is 0 Å². The van der Waals surface area contributed by atoms with Gasteiger partial charge in [0.05, 0.1) is 17.1 Å². The zero-order valence-electron chi connectivity index (χ0n) is 11.4. The van der Waals surface area contributed by atoms with Crippen molar-refractivity contribution >= 4 is 27.5 Å². The molecule has 1 saturated heterocycles. The number of aromatic nitrogens is 4. The summed E-state index contributed by atoms with van der Waals surface area (Å²) in [4.78, 5) is 6.92. The minimum atomic E-state index is 0.478. The van der Waals surface area contributed by atoms with Crippen molar-refractivity contribution in [2.75, 3.05) is 18.0 Å². The number of para-hydroxylation sites is 2. The lowest BCUT2D eigenvalue weighted by atomic mass is 10.1. The van der Waals surface area contributed by atoms with Crippen LogP contribution in [0.1, 0.15) is 16.9 Å². The second-order valence-electron chi connectivity index (χ2n) is 5.18. The predicted molar refractivity (Wildman–Crippen MR) is 80.4 cm³/mol. The molecule has 6 heteroatoms. The molecule has 1 aliphatic rings. The number of benzene rings is 1. The molecule has 3 heterocycles. The molecule has 1 aromatic carbocycles. The minimum Gasteiger partial charge on any atom is -0.342 e. The third-order valence-electron chi connectivity index (χ3n) is 3.79. The molecule has 0 aliphatic carbocycles. The zero-order valence-corrected chi connectivity index (χ0v) is 12.3. The van der Waals surface area contributed by atoms with Crippen molar-refractivity contribution in [3.63, 3.8) is 0 Å². The maximum atomic E-state index is 4.64. The number of fused-ring (bicyclic) bond motifs is 1. The summed E-state index contributed by atoms with van der Waals surface area (Å²) in [5.74, 6) is 1.09. The standard InChI is InChI=1S/C14H15N5S/c1-9-15-12-5-3-4-6-13(12)19(9)11-7-18(8-11)14-17-16-10(2)20-14/h3-6,11H,7-8H2,1-2H3. The van der Waals surface area contributed by atoms with Crippen molar-refractivity contribution in [3.05, 3.63) is 35.1 Å². The number of aryl methyl sites for hydroxylation is 2. The summed E-state index contributed by atoms with van der Waals surface area (Å²) in [5.41, 5.74) is 2.30. The van der Waals surface area contributed by atoms with Crippen LogP contribution in [0.2, 0.25) is 0 Å². The van der Waals surface area contributed by atoms with Crippen molar-refractivity contribution in [3.8, 4) is 0 Å². The summed E-state index contributed by atoms with van der Waals surface area (Å²) < 4.78 is 2.35. The van der Waals surface area contributed by atoms with Crippen LogP contribution in [0.15, 0.2) is 24.3 Å². The molecule has 5 nitrogen and oxygen atoms in total. The van der Waals surface area contributed by atoms with E-state index >= 15 is 0 Å². The second-order valence-corrected chi connectivity index (χ2v) is 6.34. The molecule has 2 aromatic heterocycles. The smallest absolute Gasteiger partial charge is 0.208 e. The molecule has 0 unspecified atom stereocenters. The molecule has 0 amide bonds. The molecule has 0 atom stereocenters. The average molecular weight is 285 g/mol. The van der Waals surface area contributed by atoms with Gasteiger partial charge in [0.1, 0.15) is 10.8 Å². The van der Waals surface area contributed by atoms with E-state index in [4.69, 9.17) is 0 Å². The largest absolute Gasteiger partial charge is 0.342 e. The van der Waals surface area contributed by atoms with E-state index in [9.17, 15) is 0 Å². The van der Waals surface area contributed by atoms with Crippen LogP contribution < -0.4 is 4.90 Å². The van der Waals surface area contributed by atoms with E-state index in [1.165, 1.54) is 5.52 Å². The van der Waals surface area contributed by atoms with E-state index in [0.29, 0.717) is 6.04 Å². The van der Waals surface area contributed by atoms with Gasteiger partial charge in [-0.1, -0.05) is 23.5 Å². The molecule has 0 radical (unpaired) electrons. The van der Waals surface area contributed by atoms with Crippen LogP contribution >= 0.6 is 11.3 Å². The van der Waals surface area contributed by atoms with Crippen molar-refractivity contribution in [2.45, 2.75) is 19.9 Å². The number of imidazole rings is 1. The Balaban J connectivity index is 1.62. The highest BCUT2D eigenvalue weighted by Crippen LogP contribution is 2.32. The van der Waals surface area contributed by atoms with Gasteiger partial charge < -0.3 is 9.47 Å². The van der Waals surface area contributed by atoms with Gasteiger partial charge >= 0.3 is 0 Å². The highest BCUT2D eigenvalue weighted by molar-refractivity contribution is 7.15. The van der Waals surface area contributed by atoms with Gasteiger partial charge in [-0.2, -0.15) is 0 Å². The summed E-state index contributed by atoms with van der Waals surface area (Å²) in [7, 11) is 0. The average Bonchev–Trinajstić information content (AvgIpc) is 2.93. The molecule has 4 rings (SSSR count). The quantitative estimate of drug-likeness (QED) is 0.726. The Hall–Kier alpha value is -1.95. The summed E-state index contributed by atoms with van der Waals surface area (Å²) in [6.07, 6.45) is 0. The Morgan fingerprint density at radius 2 is 1.95 bits per heavy atom. The molecule has 102 valence electrons. The highest BCUT2D eigenvalue weighted by atomic mass is 32.1. The van der Waals surface area contributed by atoms with E-state index in [2.05, 4.69) is 49.8 Å². The highest BCUT2D eigenvalue weighted by Gasteiger charge is 2.32. The summed E-state index contributed by atoms with van der Waals surface area (Å²) in [5, 5.41) is 10.3. The van der Waals surface area contributed by atoms with Crippen LogP contribution in [-0.2, 0) is 0 Å². The Morgan fingerprint density at radius 1 is 1.15 bits per heavy atom. The third-order valence-corrected chi connectivity index (χ3v) is 4.68. The molecule has 0 spiro atoms. The first-order chi connectivity index (χ1) is 9.72. The van der Waals surface area contributed by atoms with Crippen LogP contribution in [0.4, 0.5) is 5.13 Å². The van der Waals surface area contributed by atoms with Gasteiger partial charge in [0.25, 0.3) is 0 Å². The molecule has 20 heavy (non-hydrogen) atoms. The van der Waals surface area contributed by atoms with Gasteiger partial charge in [-0.15, -0.1) is 10.2 Å². The van der Waals surface area contributed by atoms with Crippen LogP contribution in [0.3, 0.4) is 0 Å². The topological polar surface area (TPSA) is 46.8 Å². The van der Waals surface area contributed by atoms with Crippen LogP contribution in [0.25, 0.3) is 11.0 Å². The minimum absolute atomic E-state index is 0.478. The zero-order chi connectivity index (χ0) is 13.7. The molecule has 0 bridgehead atoms. The molecule has 0 saturated carbocycles. The second kappa shape index (κ2) is 4.28. The summed E-state index contributed by atoms with van der Waals surface area (Å²) in [6.45, 7) is 6.04. The van der Waals surface area contributed by atoms with Gasteiger partial charge in [-0.3, -0.25) is 0 Å². The Labute approximate surface area is 120 Å². The number of rotatable bonds is 2. The summed E-state index contributed by atoms with van der Waals surface area (Å²) >= 11 is 1.66. The fourth-order valence-corrected chi connectivity index (χ4v) is 3.52. The van der Waals surface area contributed by atoms with Gasteiger partial charge in [-0.05, 0) is 26.0 Å². The van der Waals surface area contributed by atoms with Crippen molar-refractivity contribution in [2.24, 2.45) is 0 Å². The van der Waals surface area contributed by atoms with Crippen molar-refractivity contribution in [1.29, 1.82) is 0 Å². The number of hydrogen-bond donors (Lipinski definition) is 0. The van der Waals surface area contributed by atoms with Gasteiger partial charge in [0.2, 0.25) is 5.13 Å². The maximum Gasteiger partial charge on any atom is 0.208 e. The lowest BCUT2D eigenvalue weighted by molar-refractivity contribution is 0.401. The number of anilines is 1. The first kappa shape index (κ1) is 11.8. The lowest BCUT2D eigenvalue weighted by Crippen LogP contribution is -2.48. The van der Waals surface area contributed by atoms with E-state index < -0.39 is 0 Å². The van der Waals surface area contributed by atoms with E-state index in [1.54, 1.807) is 11.3 Å². The van der Waals surface area contributed by atoms with E-state index in [1.807, 2.05) is 13.0 Å². The van der Waals surface area contributed by atoms with Gasteiger partial charge in [0.15, 0.2) is 0 Å². The van der Waals surface area contributed by atoms with Crippen molar-refractivity contribution in [1.82, 2.24) is 19.7 Å². The van der Waals surface area contributed by atoms with E-state index in [0.717, 1.165) is 34.6 Å². The van der Waals surface area contributed by atoms with Crippen LogP contribution in [0.5, 0.6) is 0 Å². The first-order valence-corrected chi connectivity index (χ1v) is 7.52. The SMILES string of the molecule is Cc1nnc(N2CC(n3c(C)nc4ccccc43)C2)s1. The normalized spacial score (nSPS) is 15.8. The Kier molecular flexibility index (Phi) is 2.53. The third kappa shape index (κ3) is 1.71. The van der Waals surface area contributed by atoms with Crippen LogP contribution in [-0.4, -0.2) is 32.8 Å². The lowest BCUT2D eigenvalue weighted by Gasteiger charge is -2.40. The first-order valence-electron chi connectivity index (χ1n) is 6.71. The van der Waals surface area contributed by atoms with E-state index in [-0.39, 0.29) is 0 Å². The monoisotopic (exact) mass is 285 g/mol. The molecular formula is C14H15N5S. The predicted octanol–water partition coefficient (Wildman–Crippen LogP) is 2.57. The number of nitrogens with zero attached hydrogens (tertiary/aromatic N) is 5. The Bertz CT molecular complexity index is 769. The molecule has 0 N–H and O–H groups in total. The van der Waals surface area contributed by atoms with Gasteiger partial charge in [-0.25, -0.2) is 4.98 Å².